The van der Waals surface area contributed by atoms with Crippen LogP contribution in [0.3, 0.4) is 0 Å². The lowest BCUT2D eigenvalue weighted by molar-refractivity contribution is 0.0642. The molecule has 29 heavy (non-hydrogen) atoms. The van der Waals surface area contributed by atoms with Gasteiger partial charge in [0, 0.05) is 10.6 Å². The molecule has 0 unspecified atom stereocenters. The Hall–Kier alpha value is -3.64. The standard InChI is InChI=1S/C22H15ClN2O4/c23-15-9-10-19(26)18(11-15)24-20(27)14-7-5-13(6-8-14)12-25-21(28)16-3-1-2-4-17(16)22(25)29/h1-11,26H,12H2,(H,24,27). The van der Waals surface area contributed by atoms with Gasteiger partial charge >= 0.3 is 0 Å². The molecule has 144 valence electrons. The Bertz CT molecular complexity index is 1110. The summed E-state index contributed by atoms with van der Waals surface area (Å²) in [6.45, 7) is 0.114. The first kappa shape index (κ1) is 18.7. The van der Waals surface area contributed by atoms with Crippen LogP contribution in [0.5, 0.6) is 5.75 Å². The number of anilines is 1. The van der Waals surface area contributed by atoms with Crippen molar-refractivity contribution in [1.29, 1.82) is 0 Å². The van der Waals surface area contributed by atoms with E-state index in [1.54, 1.807) is 48.5 Å². The van der Waals surface area contributed by atoms with Gasteiger partial charge in [-0.1, -0.05) is 35.9 Å². The molecule has 7 heteroatoms. The number of phenols is 1. The SMILES string of the molecule is O=C(Nc1cc(Cl)ccc1O)c1ccc(CN2C(=O)c3ccccc3C2=O)cc1. The highest BCUT2D eigenvalue weighted by atomic mass is 35.5. The van der Waals surface area contributed by atoms with E-state index in [0.717, 1.165) is 0 Å². The molecule has 0 spiro atoms. The summed E-state index contributed by atoms with van der Waals surface area (Å²) < 4.78 is 0. The summed E-state index contributed by atoms with van der Waals surface area (Å²) in [6.07, 6.45) is 0. The molecule has 1 aliphatic heterocycles. The third-order valence-corrected chi connectivity index (χ3v) is 4.88. The first-order chi connectivity index (χ1) is 13.9. The molecule has 3 amide bonds. The van der Waals surface area contributed by atoms with Crippen molar-refractivity contribution in [2.75, 3.05) is 5.32 Å². The molecule has 3 aromatic carbocycles. The average Bonchev–Trinajstić information content (AvgIpc) is 2.96. The number of fused-ring (bicyclic) bond motifs is 1. The Balaban J connectivity index is 1.47. The van der Waals surface area contributed by atoms with Gasteiger partial charge in [0.15, 0.2) is 0 Å². The van der Waals surface area contributed by atoms with E-state index < -0.39 is 5.91 Å². The zero-order valence-corrected chi connectivity index (χ0v) is 15.8. The third-order valence-electron chi connectivity index (χ3n) is 4.64. The summed E-state index contributed by atoms with van der Waals surface area (Å²) in [5, 5.41) is 12.8. The summed E-state index contributed by atoms with van der Waals surface area (Å²) in [5.74, 6) is -1.17. The van der Waals surface area contributed by atoms with Crippen molar-refractivity contribution >= 4 is 35.0 Å². The molecule has 3 aromatic rings. The number of aromatic hydroxyl groups is 1. The number of benzene rings is 3. The highest BCUT2D eigenvalue weighted by molar-refractivity contribution is 6.31. The predicted octanol–water partition coefficient (Wildman–Crippen LogP) is 4.09. The van der Waals surface area contributed by atoms with Crippen molar-refractivity contribution in [2.24, 2.45) is 0 Å². The van der Waals surface area contributed by atoms with Crippen molar-refractivity contribution < 1.29 is 19.5 Å². The minimum atomic E-state index is -0.421. The van der Waals surface area contributed by atoms with Crippen LogP contribution in [0.4, 0.5) is 5.69 Å². The summed E-state index contributed by atoms with van der Waals surface area (Å²) in [7, 11) is 0. The number of rotatable bonds is 4. The zero-order chi connectivity index (χ0) is 20.5. The molecule has 0 fully saturated rings. The minimum absolute atomic E-state index is 0.0926. The Morgan fingerprint density at radius 2 is 1.55 bits per heavy atom. The van der Waals surface area contributed by atoms with Gasteiger partial charge in [-0.3, -0.25) is 19.3 Å². The van der Waals surface area contributed by atoms with Gasteiger partial charge in [0.2, 0.25) is 0 Å². The smallest absolute Gasteiger partial charge is 0.261 e. The van der Waals surface area contributed by atoms with Crippen LogP contribution in [-0.4, -0.2) is 27.7 Å². The van der Waals surface area contributed by atoms with Crippen molar-refractivity contribution in [1.82, 2.24) is 4.90 Å². The van der Waals surface area contributed by atoms with Gasteiger partial charge in [0.25, 0.3) is 17.7 Å². The fraction of sp³-hybridized carbons (Fsp3) is 0.0455. The van der Waals surface area contributed by atoms with Gasteiger partial charge in [0.05, 0.1) is 23.4 Å². The van der Waals surface area contributed by atoms with E-state index in [1.807, 2.05) is 0 Å². The maximum atomic E-state index is 12.5. The molecule has 1 heterocycles. The fourth-order valence-electron chi connectivity index (χ4n) is 3.13. The number of hydrogen-bond acceptors (Lipinski definition) is 4. The third kappa shape index (κ3) is 3.58. The van der Waals surface area contributed by atoms with E-state index in [1.165, 1.54) is 23.1 Å². The maximum Gasteiger partial charge on any atom is 0.261 e. The number of imide groups is 1. The highest BCUT2D eigenvalue weighted by Crippen LogP contribution is 2.27. The van der Waals surface area contributed by atoms with E-state index in [2.05, 4.69) is 5.32 Å². The second-order valence-electron chi connectivity index (χ2n) is 6.55. The van der Waals surface area contributed by atoms with Crippen LogP contribution in [0.25, 0.3) is 0 Å². The number of phenolic OH excluding ortho intramolecular Hbond substituents is 1. The molecule has 0 aliphatic carbocycles. The lowest BCUT2D eigenvalue weighted by Crippen LogP contribution is -2.29. The summed E-state index contributed by atoms with van der Waals surface area (Å²) >= 11 is 5.88. The lowest BCUT2D eigenvalue weighted by atomic mass is 10.1. The Labute approximate surface area is 171 Å². The maximum absolute atomic E-state index is 12.5. The molecule has 0 radical (unpaired) electrons. The van der Waals surface area contributed by atoms with Crippen LogP contribution >= 0.6 is 11.6 Å². The Morgan fingerprint density at radius 1 is 0.931 bits per heavy atom. The van der Waals surface area contributed by atoms with Gasteiger partial charge in [-0.15, -0.1) is 0 Å². The quantitative estimate of drug-likeness (QED) is 0.504. The van der Waals surface area contributed by atoms with Crippen LogP contribution in [-0.2, 0) is 6.54 Å². The van der Waals surface area contributed by atoms with E-state index >= 15 is 0 Å². The van der Waals surface area contributed by atoms with E-state index in [9.17, 15) is 19.5 Å². The zero-order valence-electron chi connectivity index (χ0n) is 15.1. The molecule has 2 N–H and O–H groups in total. The number of nitrogens with zero attached hydrogens (tertiary/aromatic N) is 1. The monoisotopic (exact) mass is 406 g/mol. The van der Waals surface area contributed by atoms with Gasteiger partial charge in [-0.05, 0) is 48.0 Å². The van der Waals surface area contributed by atoms with Crippen molar-refractivity contribution in [2.45, 2.75) is 6.54 Å². The van der Waals surface area contributed by atoms with Crippen LogP contribution < -0.4 is 5.32 Å². The minimum Gasteiger partial charge on any atom is -0.506 e. The number of halogens is 1. The molecule has 0 saturated carbocycles. The van der Waals surface area contributed by atoms with Gasteiger partial charge in [-0.25, -0.2) is 0 Å². The van der Waals surface area contributed by atoms with Gasteiger partial charge in [-0.2, -0.15) is 0 Å². The molecule has 6 nitrogen and oxygen atoms in total. The van der Waals surface area contributed by atoms with Crippen molar-refractivity contribution in [3.05, 3.63) is 94.0 Å². The Kier molecular flexibility index (Phi) is 4.78. The molecule has 0 aromatic heterocycles. The van der Waals surface area contributed by atoms with E-state index in [0.29, 0.717) is 27.3 Å². The molecule has 1 aliphatic rings. The lowest BCUT2D eigenvalue weighted by Gasteiger charge is -2.14. The topological polar surface area (TPSA) is 86.7 Å². The van der Waals surface area contributed by atoms with Gasteiger partial charge in [0.1, 0.15) is 5.75 Å². The number of carbonyl (C=O) groups excluding carboxylic acids is 3. The molecular weight excluding hydrogens is 392 g/mol. The average molecular weight is 407 g/mol. The van der Waals surface area contributed by atoms with Crippen LogP contribution in [0.1, 0.15) is 36.6 Å². The van der Waals surface area contributed by atoms with Crippen LogP contribution in [0.15, 0.2) is 66.7 Å². The van der Waals surface area contributed by atoms with Crippen molar-refractivity contribution in [3.8, 4) is 5.75 Å². The van der Waals surface area contributed by atoms with E-state index in [-0.39, 0.29) is 29.8 Å². The number of amides is 3. The number of hydrogen-bond donors (Lipinski definition) is 2. The Morgan fingerprint density at radius 3 is 2.17 bits per heavy atom. The summed E-state index contributed by atoms with van der Waals surface area (Å²) in [4.78, 5) is 38.5. The molecule has 0 atom stereocenters. The van der Waals surface area contributed by atoms with Crippen LogP contribution in [0, 0.1) is 0 Å². The first-order valence-electron chi connectivity index (χ1n) is 8.78. The highest BCUT2D eigenvalue weighted by Gasteiger charge is 2.34. The fourth-order valence-corrected chi connectivity index (χ4v) is 3.30. The van der Waals surface area contributed by atoms with Gasteiger partial charge < -0.3 is 10.4 Å². The van der Waals surface area contributed by atoms with Crippen LogP contribution in [0.2, 0.25) is 5.02 Å². The van der Waals surface area contributed by atoms with E-state index in [4.69, 9.17) is 11.6 Å². The molecule has 4 rings (SSSR count). The molecule has 0 bridgehead atoms. The summed E-state index contributed by atoms with van der Waals surface area (Å²) in [5.41, 5.74) is 2.07. The molecule has 0 saturated heterocycles. The predicted molar refractivity (Wildman–Crippen MR) is 108 cm³/mol. The summed E-state index contributed by atoms with van der Waals surface area (Å²) in [6, 6.07) is 17.6. The normalized spacial score (nSPS) is 12.8. The number of carbonyl (C=O) groups is 3. The van der Waals surface area contributed by atoms with Crippen molar-refractivity contribution in [3.63, 3.8) is 0 Å². The largest absolute Gasteiger partial charge is 0.506 e. The second-order valence-corrected chi connectivity index (χ2v) is 6.99. The second kappa shape index (κ2) is 7.41. The molecular formula is C22H15ClN2O4. The first-order valence-corrected chi connectivity index (χ1v) is 9.16. The number of nitrogens with one attached hydrogen (secondary N) is 1.